The van der Waals surface area contributed by atoms with E-state index in [-0.39, 0.29) is 48.9 Å². The van der Waals surface area contributed by atoms with Gasteiger partial charge >= 0.3 is 0 Å². The van der Waals surface area contributed by atoms with E-state index in [4.69, 9.17) is 17.3 Å². The van der Waals surface area contributed by atoms with E-state index in [1.807, 2.05) is 0 Å². The lowest BCUT2D eigenvalue weighted by Crippen LogP contribution is -2.27. The van der Waals surface area contributed by atoms with Crippen LogP contribution in [0.2, 0.25) is 5.02 Å². The third-order valence-electron chi connectivity index (χ3n) is 5.98. The van der Waals surface area contributed by atoms with E-state index in [2.05, 4.69) is 15.6 Å². The molecule has 4 rings (SSSR count). The van der Waals surface area contributed by atoms with Crippen molar-refractivity contribution in [2.45, 2.75) is 25.8 Å². The number of alkyl halides is 2. The molecule has 0 radical (unpaired) electrons. The summed E-state index contributed by atoms with van der Waals surface area (Å²) >= 11 is 6.12. The van der Waals surface area contributed by atoms with Crippen LogP contribution < -0.4 is 16.4 Å². The number of nitrogen functional groups attached to an aromatic ring is 1. The third-order valence-corrected chi connectivity index (χ3v) is 6.34. The summed E-state index contributed by atoms with van der Waals surface area (Å²) in [6.07, 6.45) is -0.402. The minimum absolute atomic E-state index is 0. The van der Waals surface area contributed by atoms with Gasteiger partial charge in [-0.1, -0.05) is 41.9 Å². The van der Waals surface area contributed by atoms with Crippen molar-refractivity contribution < 1.29 is 25.2 Å². The van der Waals surface area contributed by atoms with Gasteiger partial charge in [0.25, 0.3) is 5.92 Å². The number of carbonyl (C=O) groups is 1. The number of hydrogen-bond donors (Lipinski definition) is 3. The monoisotopic (exact) mass is 570 g/mol. The Kier molecular flexibility index (Phi) is 9.06. The Balaban J connectivity index is 0.00000267. The van der Waals surface area contributed by atoms with Crippen molar-refractivity contribution in [3.05, 3.63) is 99.7 Å². The van der Waals surface area contributed by atoms with Gasteiger partial charge in [-0.05, 0) is 48.2 Å². The maximum absolute atomic E-state index is 15.2. The van der Waals surface area contributed by atoms with E-state index in [1.165, 1.54) is 30.3 Å². The first kappa shape index (κ1) is 29.0. The molecule has 5 nitrogen and oxygen atoms in total. The summed E-state index contributed by atoms with van der Waals surface area (Å²) in [5.74, 6) is -5.14. The smallest absolute Gasteiger partial charge is 0.290 e. The average molecular weight is 571 g/mol. The minimum atomic E-state index is -3.46. The number of aryl methyl sites for hydroxylation is 1. The number of carbonyl (C=O) groups excluding carboxylic acids is 1. The second-order valence-corrected chi connectivity index (χ2v) is 8.93. The highest BCUT2D eigenvalue weighted by molar-refractivity contribution is 6.31. The van der Waals surface area contributed by atoms with Gasteiger partial charge < -0.3 is 16.4 Å². The normalized spacial score (nSPS) is 11.2. The summed E-state index contributed by atoms with van der Waals surface area (Å²) in [5.41, 5.74) is 6.24. The first-order valence-corrected chi connectivity index (χ1v) is 11.7. The predicted molar refractivity (Wildman–Crippen MR) is 148 cm³/mol. The Labute approximate surface area is 230 Å². The number of rotatable bonds is 8. The van der Waals surface area contributed by atoms with Crippen molar-refractivity contribution in [1.29, 1.82) is 0 Å². The standard InChI is InChI=1S/C27H23ClF4N4O.ClH.2H2/c1-15-16(6-11-24(33)36-15)13-34-25(37)12-19-21(28)8-10-23(26(19)30)35-14-27(31,32)20-7-9-22(29)18-5-3-2-4-17(18)20;;;/h2-11,35H,12-14H2,1H3,(H2,33,36)(H,34,37);3*1H. The van der Waals surface area contributed by atoms with Crippen molar-refractivity contribution in [2.75, 3.05) is 17.6 Å². The quantitative estimate of drug-likeness (QED) is 0.198. The molecule has 0 fully saturated rings. The molecule has 38 heavy (non-hydrogen) atoms. The molecule has 0 aliphatic rings. The number of nitrogens with zero attached hydrogens (tertiary/aromatic N) is 1. The van der Waals surface area contributed by atoms with Crippen LogP contribution in [0.25, 0.3) is 10.8 Å². The summed E-state index contributed by atoms with van der Waals surface area (Å²) in [4.78, 5) is 16.6. The summed E-state index contributed by atoms with van der Waals surface area (Å²) in [7, 11) is 0. The van der Waals surface area contributed by atoms with Crippen molar-refractivity contribution in [2.24, 2.45) is 0 Å². The third kappa shape index (κ3) is 6.28. The number of pyridine rings is 1. The van der Waals surface area contributed by atoms with Gasteiger partial charge in [0.05, 0.1) is 18.7 Å². The summed E-state index contributed by atoms with van der Waals surface area (Å²) in [5, 5.41) is 5.19. The zero-order valence-electron chi connectivity index (χ0n) is 20.1. The van der Waals surface area contributed by atoms with Crippen molar-refractivity contribution in [1.82, 2.24) is 10.3 Å². The van der Waals surface area contributed by atoms with E-state index < -0.39 is 42.0 Å². The fourth-order valence-corrected chi connectivity index (χ4v) is 4.20. The second kappa shape index (κ2) is 11.9. The first-order chi connectivity index (χ1) is 17.6. The van der Waals surface area contributed by atoms with Crippen molar-refractivity contribution in [3.63, 3.8) is 0 Å². The molecule has 0 saturated carbocycles. The van der Waals surface area contributed by atoms with Crippen LogP contribution in [-0.2, 0) is 23.7 Å². The number of hydrogen-bond acceptors (Lipinski definition) is 4. The lowest BCUT2D eigenvalue weighted by molar-refractivity contribution is -0.120. The SMILES string of the molecule is Cc1nc(N)ccc1CNC(=O)Cc1c(Cl)ccc(NCC(F)(F)c2ccc(F)c3ccccc23)c1F.Cl.[HH].[HH]. The van der Waals surface area contributed by atoms with E-state index in [9.17, 15) is 9.18 Å². The number of fused-ring (bicyclic) bond motifs is 1. The van der Waals surface area contributed by atoms with Gasteiger partial charge in [0.15, 0.2) is 5.82 Å². The molecule has 11 heteroatoms. The van der Waals surface area contributed by atoms with Gasteiger partial charge in [-0.15, -0.1) is 12.4 Å². The highest BCUT2D eigenvalue weighted by Gasteiger charge is 2.34. The molecule has 204 valence electrons. The molecule has 1 amide bonds. The fourth-order valence-electron chi connectivity index (χ4n) is 3.99. The number of amides is 1. The Morgan fingerprint density at radius 1 is 1.05 bits per heavy atom. The molecular formula is C27H28Cl2F4N4O. The van der Waals surface area contributed by atoms with Crippen molar-refractivity contribution in [3.8, 4) is 0 Å². The molecule has 0 aliphatic heterocycles. The van der Waals surface area contributed by atoms with E-state index in [0.717, 1.165) is 17.7 Å². The predicted octanol–water partition coefficient (Wildman–Crippen LogP) is 7.03. The largest absolute Gasteiger partial charge is 0.384 e. The molecule has 0 saturated heterocycles. The molecule has 0 unspecified atom stereocenters. The van der Waals surface area contributed by atoms with Crippen LogP contribution in [-0.4, -0.2) is 17.4 Å². The Bertz CT molecular complexity index is 1490. The molecular weight excluding hydrogens is 543 g/mol. The summed E-state index contributed by atoms with van der Waals surface area (Å²) < 4.78 is 59.5. The lowest BCUT2D eigenvalue weighted by atomic mass is 9.99. The van der Waals surface area contributed by atoms with Crippen LogP contribution >= 0.6 is 24.0 Å². The molecule has 4 N–H and O–H groups in total. The highest BCUT2D eigenvalue weighted by Crippen LogP contribution is 2.35. The zero-order chi connectivity index (χ0) is 26.7. The van der Waals surface area contributed by atoms with Gasteiger partial charge in [-0.2, -0.15) is 8.78 Å². The first-order valence-electron chi connectivity index (χ1n) is 11.3. The average Bonchev–Trinajstić information content (AvgIpc) is 2.86. The lowest BCUT2D eigenvalue weighted by Gasteiger charge is -2.21. The van der Waals surface area contributed by atoms with Crippen LogP contribution in [0.15, 0.2) is 60.7 Å². The second-order valence-electron chi connectivity index (χ2n) is 8.52. The zero-order valence-corrected chi connectivity index (χ0v) is 21.7. The summed E-state index contributed by atoms with van der Waals surface area (Å²) in [6, 6.07) is 13.8. The Hall–Kier alpha value is -3.56. The van der Waals surface area contributed by atoms with Crippen LogP contribution in [0, 0.1) is 18.6 Å². The molecule has 1 aromatic heterocycles. The maximum atomic E-state index is 15.2. The number of nitrogens with two attached hydrogens (primary N) is 1. The molecule has 0 bridgehead atoms. The molecule has 0 spiro atoms. The van der Waals surface area contributed by atoms with E-state index in [1.54, 1.807) is 25.1 Å². The number of anilines is 2. The number of aromatic nitrogens is 1. The van der Waals surface area contributed by atoms with Gasteiger partial charge in [0.2, 0.25) is 5.91 Å². The molecule has 1 heterocycles. The number of halogens is 6. The maximum Gasteiger partial charge on any atom is 0.290 e. The van der Waals surface area contributed by atoms with Crippen LogP contribution in [0.4, 0.5) is 29.1 Å². The van der Waals surface area contributed by atoms with Crippen molar-refractivity contribution >= 4 is 52.2 Å². The van der Waals surface area contributed by atoms with Crippen LogP contribution in [0.5, 0.6) is 0 Å². The highest BCUT2D eigenvalue weighted by atomic mass is 35.5. The summed E-state index contributed by atoms with van der Waals surface area (Å²) in [6.45, 7) is 0.928. The number of benzene rings is 3. The van der Waals surface area contributed by atoms with E-state index >= 15 is 13.2 Å². The van der Waals surface area contributed by atoms with Gasteiger partial charge in [0.1, 0.15) is 11.6 Å². The Morgan fingerprint density at radius 3 is 2.47 bits per heavy atom. The Morgan fingerprint density at radius 2 is 1.76 bits per heavy atom. The van der Waals surface area contributed by atoms with Gasteiger partial charge in [0, 0.05) is 36.6 Å². The van der Waals surface area contributed by atoms with Gasteiger partial charge in [-0.3, -0.25) is 4.79 Å². The van der Waals surface area contributed by atoms with Crippen LogP contribution in [0.3, 0.4) is 0 Å². The molecule has 0 aliphatic carbocycles. The molecule has 3 aromatic carbocycles. The van der Waals surface area contributed by atoms with Crippen LogP contribution in [0.1, 0.15) is 25.2 Å². The topological polar surface area (TPSA) is 80.0 Å². The fraction of sp³-hybridized carbons (Fsp3) is 0.185. The molecule has 0 atom stereocenters. The van der Waals surface area contributed by atoms with Gasteiger partial charge in [-0.25, -0.2) is 13.8 Å². The molecule has 4 aromatic rings. The van der Waals surface area contributed by atoms with E-state index in [0.29, 0.717) is 11.5 Å². The minimum Gasteiger partial charge on any atom is -0.384 e. The number of nitrogens with one attached hydrogen (secondary N) is 2.